The molecule has 0 saturated heterocycles. The Balaban J connectivity index is 3.58. The summed E-state index contributed by atoms with van der Waals surface area (Å²) in [6.07, 6.45) is 10.1. The van der Waals surface area contributed by atoms with E-state index in [1.807, 2.05) is 12.2 Å². The highest BCUT2D eigenvalue weighted by molar-refractivity contribution is 5.67. The molecule has 0 aliphatic heterocycles. The van der Waals surface area contributed by atoms with Crippen molar-refractivity contribution < 1.29 is 29.7 Å². The molecule has 0 aromatic carbocycles. The first-order valence-corrected chi connectivity index (χ1v) is 10.7. The van der Waals surface area contributed by atoms with E-state index >= 15 is 0 Å². The minimum absolute atomic E-state index is 0.000403. The summed E-state index contributed by atoms with van der Waals surface area (Å²) in [7, 11) is 0. The van der Waals surface area contributed by atoms with E-state index < -0.39 is 28.7 Å². The van der Waals surface area contributed by atoms with E-state index in [-0.39, 0.29) is 31.1 Å². The van der Waals surface area contributed by atoms with Crippen molar-refractivity contribution >= 4 is 17.9 Å². The molecule has 0 radical (unpaired) electrons. The normalized spacial score (nSPS) is 28.4. The third kappa shape index (κ3) is 6.07. The van der Waals surface area contributed by atoms with Gasteiger partial charge >= 0.3 is 17.9 Å². The summed E-state index contributed by atoms with van der Waals surface area (Å²) in [6.45, 7) is 11.7. The van der Waals surface area contributed by atoms with Crippen LogP contribution >= 0.6 is 0 Å². The van der Waals surface area contributed by atoms with Gasteiger partial charge in [-0.1, -0.05) is 18.2 Å². The summed E-state index contributed by atoms with van der Waals surface area (Å²) in [5, 5.41) is 28.1. The third-order valence-electron chi connectivity index (χ3n) is 7.12. The van der Waals surface area contributed by atoms with Crippen molar-refractivity contribution in [3.8, 4) is 0 Å². The van der Waals surface area contributed by atoms with Gasteiger partial charge in [0.15, 0.2) is 0 Å². The van der Waals surface area contributed by atoms with Gasteiger partial charge in [0.1, 0.15) is 0 Å². The first kappa shape index (κ1) is 25.7. The molecule has 6 nitrogen and oxygen atoms in total. The highest BCUT2D eigenvalue weighted by Gasteiger charge is 2.57. The molecule has 1 aliphatic rings. The Morgan fingerprint density at radius 1 is 0.833 bits per heavy atom. The molecule has 30 heavy (non-hydrogen) atoms. The SMILES string of the molecule is C=CCC1C(CCC(=O)O)CCC(CC=C)(CCC(=O)O)C1(CC=C)CCC(=O)O. The maximum Gasteiger partial charge on any atom is 0.303 e. The maximum atomic E-state index is 11.5. The van der Waals surface area contributed by atoms with Crippen LogP contribution in [0.5, 0.6) is 0 Å². The zero-order valence-electron chi connectivity index (χ0n) is 17.9. The highest BCUT2D eigenvalue weighted by Crippen LogP contribution is 2.65. The second-order valence-electron chi connectivity index (χ2n) is 8.57. The molecular formula is C24H36O6. The summed E-state index contributed by atoms with van der Waals surface area (Å²) in [6, 6.07) is 0. The third-order valence-corrected chi connectivity index (χ3v) is 7.12. The number of rotatable bonds is 15. The molecule has 0 bridgehead atoms. The molecule has 0 aromatic heterocycles. The molecular weight excluding hydrogens is 384 g/mol. The van der Waals surface area contributed by atoms with E-state index in [1.54, 1.807) is 6.08 Å². The molecule has 0 spiro atoms. The van der Waals surface area contributed by atoms with Crippen LogP contribution in [0.4, 0.5) is 0 Å². The van der Waals surface area contributed by atoms with Gasteiger partial charge in [-0.2, -0.15) is 0 Å². The van der Waals surface area contributed by atoms with Crippen molar-refractivity contribution in [2.24, 2.45) is 22.7 Å². The minimum atomic E-state index is -0.894. The zero-order valence-corrected chi connectivity index (χ0v) is 17.9. The molecule has 4 atom stereocenters. The number of carboxylic acids is 3. The minimum Gasteiger partial charge on any atom is -0.481 e. The molecule has 0 aromatic rings. The fourth-order valence-corrected chi connectivity index (χ4v) is 5.92. The van der Waals surface area contributed by atoms with E-state index in [1.165, 1.54) is 0 Å². The van der Waals surface area contributed by atoms with Crippen LogP contribution in [0.1, 0.15) is 70.6 Å². The Labute approximate surface area is 179 Å². The molecule has 1 saturated carbocycles. The van der Waals surface area contributed by atoms with Gasteiger partial charge in [-0.25, -0.2) is 0 Å². The number of carboxylic acid groups (broad SMARTS) is 3. The van der Waals surface area contributed by atoms with Crippen molar-refractivity contribution in [3.05, 3.63) is 38.0 Å². The van der Waals surface area contributed by atoms with Crippen LogP contribution in [0.25, 0.3) is 0 Å². The maximum absolute atomic E-state index is 11.5. The summed E-state index contributed by atoms with van der Waals surface area (Å²) >= 11 is 0. The van der Waals surface area contributed by atoms with Gasteiger partial charge in [0.05, 0.1) is 0 Å². The average Bonchev–Trinajstić information content (AvgIpc) is 2.67. The molecule has 6 heteroatoms. The van der Waals surface area contributed by atoms with Crippen molar-refractivity contribution in [1.82, 2.24) is 0 Å². The predicted molar refractivity (Wildman–Crippen MR) is 116 cm³/mol. The molecule has 1 fully saturated rings. The van der Waals surface area contributed by atoms with Crippen LogP contribution in [0.2, 0.25) is 0 Å². The quantitative estimate of drug-likeness (QED) is 0.310. The number of hydrogen-bond donors (Lipinski definition) is 3. The summed E-state index contributed by atoms with van der Waals surface area (Å²) in [5.74, 6) is -2.50. The lowest BCUT2D eigenvalue weighted by atomic mass is 9.43. The first-order chi connectivity index (χ1) is 14.2. The predicted octanol–water partition coefficient (Wildman–Crippen LogP) is 5.31. The van der Waals surface area contributed by atoms with Crippen LogP contribution in [0.3, 0.4) is 0 Å². The fourth-order valence-electron chi connectivity index (χ4n) is 5.92. The van der Waals surface area contributed by atoms with Gasteiger partial charge in [-0.3, -0.25) is 14.4 Å². The number of allylic oxidation sites excluding steroid dienone is 3. The molecule has 0 amide bonds. The standard InChI is InChI=1S/C24H36O6/c1-4-7-19-18(8-9-20(25)26)10-15-23(13-5-2,16-11-21(27)28)24(19,14-6-3)17-12-22(29)30/h4-6,18-19H,1-3,7-17H2,(H,25,26)(H,27,28)(H,29,30). The van der Waals surface area contributed by atoms with Crippen LogP contribution in [0.15, 0.2) is 38.0 Å². The van der Waals surface area contributed by atoms with Crippen LogP contribution in [0, 0.1) is 22.7 Å². The molecule has 0 heterocycles. The monoisotopic (exact) mass is 420 g/mol. The Bertz CT molecular complexity index is 654. The number of carbonyl (C=O) groups is 3. The summed E-state index contributed by atoms with van der Waals surface area (Å²) in [5.41, 5.74) is -0.934. The van der Waals surface area contributed by atoms with Gasteiger partial charge < -0.3 is 15.3 Å². The first-order valence-electron chi connectivity index (χ1n) is 10.7. The Kier molecular flexibility index (Phi) is 10.0. The van der Waals surface area contributed by atoms with Gasteiger partial charge in [0.2, 0.25) is 0 Å². The fraction of sp³-hybridized carbons (Fsp3) is 0.625. The van der Waals surface area contributed by atoms with E-state index in [2.05, 4.69) is 19.7 Å². The largest absolute Gasteiger partial charge is 0.481 e. The summed E-state index contributed by atoms with van der Waals surface area (Å²) in [4.78, 5) is 34.2. The summed E-state index contributed by atoms with van der Waals surface area (Å²) < 4.78 is 0. The van der Waals surface area contributed by atoms with Crippen LogP contribution < -0.4 is 0 Å². The lowest BCUT2D eigenvalue weighted by Gasteiger charge is -2.61. The number of aliphatic carboxylic acids is 3. The lowest BCUT2D eigenvalue weighted by Crippen LogP contribution is -2.53. The van der Waals surface area contributed by atoms with Crippen molar-refractivity contribution in [2.45, 2.75) is 70.6 Å². The lowest BCUT2D eigenvalue weighted by molar-refractivity contribution is -0.148. The van der Waals surface area contributed by atoms with Crippen molar-refractivity contribution in [3.63, 3.8) is 0 Å². The molecule has 4 unspecified atom stereocenters. The van der Waals surface area contributed by atoms with Gasteiger partial charge in [0.25, 0.3) is 0 Å². The molecule has 168 valence electrons. The Morgan fingerprint density at radius 2 is 1.40 bits per heavy atom. The zero-order chi connectivity index (χ0) is 22.8. The second-order valence-corrected chi connectivity index (χ2v) is 8.57. The topological polar surface area (TPSA) is 112 Å². The van der Waals surface area contributed by atoms with Crippen LogP contribution in [-0.4, -0.2) is 33.2 Å². The molecule has 3 N–H and O–H groups in total. The van der Waals surface area contributed by atoms with Gasteiger partial charge in [-0.15, -0.1) is 19.7 Å². The van der Waals surface area contributed by atoms with Crippen molar-refractivity contribution in [2.75, 3.05) is 0 Å². The van der Waals surface area contributed by atoms with Crippen molar-refractivity contribution in [1.29, 1.82) is 0 Å². The van der Waals surface area contributed by atoms with E-state index in [4.69, 9.17) is 0 Å². The van der Waals surface area contributed by atoms with Crippen LogP contribution in [-0.2, 0) is 14.4 Å². The Morgan fingerprint density at radius 3 is 1.90 bits per heavy atom. The average molecular weight is 421 g/mol. The smallest absolute Gasteiger partial charge is 0.303 e. The Hall–Kier alpha value is -2.37. The van der Waals surface area contributed by atoms with E-state index in [9.17, 15) is 29.7 Å². The number of hydrogen-bond acceptors (Lipinski definition) is 3. The van der Waals surface area contributed by atoms with Gasteiger partial charge in [-0.05, 0) is 74.0 Å². The molecule has 1 aliphatic carbocycles. The second kappa shape index (κ2) is 11.7. The van der Waals surface area contributed by atoms with Gasteiger partial charge in [0, 0.05) is 19.3 Å². The van der Waals surface area contributed by atoms with E-state index in [0.29, 0.717) is 38.5 Å². The molecule has 1 rings (SSSR count). The highest BCUT2D eigenvalue weighted by atomic mass is 16.4. The van der Waals surface area contributed by atoms with E-state index in [0.717, 1.165) is 12.8 Å².